The van der Waals surface area contributed by atoms with Crippen LogP contribution in [0, 0.1) is 0 Å². The van der Waals surface area contributed by atoms with Gasteiger partial charge in [0.1, 0.15) is 0 Å². The van der Waals surface area contributed by atoms with E-state index in [2.05, 4.69) is 4.12 Å². The molecule has 0 aliphatic carbocycles. The first-order valence-corrected chi connectivity index (χ1v) is 19.9. The Balaban J connectivity index is 2.00. The van der Waals surface area contributed by atoms with Crippen molar-refractivity contribution in [3.05, 3.63) is 0 Å². The first kappa shape index (κ1) is 5.19. The summed E-state index contributed by atoms with van der Waals surface area (Å²) in [7, 11) is 3.11. The molecular formula is H11OSi5+. The first-order valence-electron chi connectivity index (χ1n) is 2.63. The summed E-state index contributed by atoms with van der Waals surface area (Å²) in [5, 5.41) is 0. The van der Waals surface area contributed by atoms with Crippen LogP contribution < -0.4 is 0 Å². The van der Waals surface area contributed by atoms with Gasteiger partial charge in [-0.15, -0.1) is 0 Å². The smallest absolute Gasteiger partial charge is 0.294 e. The maximum atomic E-state index is 4.61. The second-order valence-corrected chi connectivity index (χ2v) is 34.7. The summed E-state index contributed by atoms with van der Waals surface area (Å²) in [6.45, 7) is 0. The fourth-order valence-electron chi connectivity index (χ4n) is 0.736. The van der Waals surface area contributed by atoms with Crippen molar-refractivity contribution < 1.29 is 4.12 Å². The molecule has 6 heteroatoms. The molecule has 1 heterocycles. The van der Waals surface area contributed by atoms with Crippen molar-refractivity contribution in [2.45, 2.75) is 0 Å². The van der Waals surface area contributed by atoms with E-state index in [1.54, 1.807) is 0 Å². The van der Waals surface area contributed by atoms with Crippen LogP contribution in [0.5, 0.6) is 0 Å². The summed E-state index contributed by atoms with van der Waals surface area (Å²) < 4.78 is 4.61. The van der Waals surface area contributed by atoms with E-state index in [4.69, 9.17) is 0 Å². The van der Waals surface area contributed by atoms with Crippen LogP contribution in [0.15, 0.2) is 0 Å². The van der Waals surface area contributed by atoms with E-state index < -0.39 is 0 Å². The highest BCUT2D eigenvalue weighted by molar-refractivity contribution is 7.55. The van der Waals surface area contributed by atoms with Crippen molar-refractivity contribution in [3.8, 4) is 0 Å². The molecule has 1 rings (SSSR count). The maximum absolute atomic E-state index is 4.61. The molecular weight excluding hydrogens is 156 g/mol. The largest absolute Gasteiger partial charge is 0.645 e. The number of hydrogen-bond acceptors (Lipinski definition) is 0. The molecule has 0 atom stereocenters. The predicted octanol–water partition coefficient (Wildman–Crippen LogP) is -5.14. The lowest BCUT2D eigenvalue weighted by atomic mass is 15.8. The summed E-state index contributed by atoms with van der Waals surface area (Å²) in [4.78, 5) is 0. The minimum atomic E-state index is 0.431. The molecule has 1 fully saturated rings. The average molecular weight is 168 g/mol. The zero-order valence-corrected chi connectivity index (χ0v) is 11.1. The van der Waals surface area contributed by atoms with Crippen LogP contribution in [0.3, 0.4) is 0 Å². The second-order valence-electron chi connectivity index (χ2n) is 1.73. The average Bonchev–Trinajstić information content (AvgIpc) is 1.72. The molecule has 0 amide bonds. The van der Waals surface area contributed by atoms with Crippen molar-refractivity contribution >= 4 is 44.2 Å². The van der Waals surface area contributed by atoms with Crippen LogP contribution in [-0.2, 0) is 0 Å². The fraction of sp³-hybridized carbons (Fsp3) is 0. The van der Waals surface area contributed by atoms with Gasteiger partial charge < -0.3 is 4.12 Å². The summed E-state index contributed by atoms with van der Waals surface area (Å²) in [5.41, 5.74) is 0. The highest BCUT2D eigenvalue weighted by Gasteiger charge is 2.05. The van der Waals surface area contributed by atoms with Gasteiger partial charge in [-0.1, -0.05) is 0 Å². The van der Waals surface area contributed by atoms with E-state index in [1.165, 1.54) is 0 Å². The molecule has 0 unspecified atom stereocenters. The highest BCUT2D eigenvalue weighted by atomic mass is 29.8. The molecule has 0 aromatic heterocycles. The van der Waals surface area contributed by atoms with Crippen molar-refractivity contribution in [3.63, 3.8) is 0 Å². The standard InChI is InChI=1S/H10OSi5/c1-2-4-6-5-3-1/h2-6H2/p+1. The molecule has 0 saturated carbocycles. The first-order chi connectivity index (χ1) is 3.00. The lowest BCUT2D eigenvalue weighted by molar-refractivity contribution is 0.433. The van der Waals surface area contributed by atoms with Crippen LogP contribution in [0.4, 0.5) is 0 Å². The molecule has 1 aliphatic heterocycles. The van der Waals surface area contributed by atoms with Crippen LogP contribution >= 0.6 is 0 Å². The third kappa shape index (κ3) is 1.66. The topological polar surface area (TPSA) is 12.8 Å². The third-order valence-corrected chi connectivity index (χ3v) is 57.6. The van der Waals surface area contributed by atoms with Crippen LogP contribution in [-0.4, -0.2) is 48.3 Å². The SMILES string of the molecule is [OH+]1[SiH2][SiH2][SiH2][SiH2][SiH2]1. The molecule has 1 nitrogen and oxygen atoms in total. The zero-order chi connectivity index (χ0) is 4.24. The Labute approximate surface area is 48.8 Å². The van der Waals surface area contributed by atoms with Gasteiger partial charge >= 0.3 is 0 Å². The van der Waals surface area contributed by atoms with E-state index in [0.717, 1.165) is 8.55 Å². The van der Waals surface area contributed by atoms with Gasteiger partial charge in [-0.25, -0.2) is 0 Å². The fourth-order valence-corrected chi connectivity index (χ4v) is 88.2. The molecule has 0 aromatic carbocycles. The van der Waals surface area contributed by atoms with Crippen LogP contribution in [0.25, 0.3) is 0 Å². The van der Waals surface area contributed by atoms with Crippen molar-refractivity contribution in [2.24, 2.45) is 0 Å². The van der Waals surface area contributed by atoms with E-state index in [1.807, 2.05) is 0 Å². The molecule has 1 aliphatic rings. The molecule has 0 bridgehead atoms. The van der Waals surface area contributed by atoms with Crippen LogP contribution in [0.1, 0.15) is 0 Å². The third-order valence-electron chi connectivity index (χ3n) is 1.13. The van der Waals surface area contributed by atoms with Crippen molar-refractivity contribution in [1.82, 2.24) is 0 Å². The van der Waals surface area contributed by atoms with Gasteiger partial charge in [0.15, 0.2) is 0 Å². The Morgan fingerprint density at radius 1 is 0.833 bits per heavy atom. The molecule has 1 saturated heterocycles. The quantitative estimate of drug-likeness (QED) is 0.253. The van der Waals surface area contributed by atoms with E-state index >= 15 is 0 Å². The maximum Gasteiger partial charge on any atom is 0.294 e. The molecule has 6 heavy (non-hydrogen) atoms. The monoisotopic (exact) mass is 167 g/mol. The molecule has 36 valence electrons. The summed E-state index contributed by atoms with van der Waals surface area (Å²) in [6, 6.07) is 0. The molecule has 0 radical (unpaired) electrons. The molecule has 0 aromatic rings. The highest BCUT2D eigenvalue weighted by Crippen LogP contribution is 1.64. The Bertz CT molecular complexity index is 19.4. The van der Waals surface area contributed by atoms with E-state index in [0.29, 0.717) is 35.7 Å². The normalized spacial score (nSPS) is 44.0. The number of hydrogen-bond donors (Lipinski definition) is 0. The lowest BCUT2D eigenvalue weighted by Crippen LogP contribution is -2.37. The van der Waals surface area contributed by atoms with E-state index in [9.17, 15) is 0 Å². The molecule has 1 N–H and O–H groups in total. The Morgan fingerprint density at radius 2 is 1.50 bits per heavy atom. The van der Waals surface area contributed by atoms with Crippen molar-refractivity contribution in [2.75, 3.05) is 0 Å². The lowest BCUT2D eigenvalue weighted by Gasteiger charge is -2.03. The summed E-state index contributed by atoms with van der Waals surface area (Å²) in [6.07, 6.45) is 0. The predicted molar refractivity (Wildman–Crippen MR) is 44.9 cm³/mol. The second kappa shape index (κ2) is 3.10. The van der Waals surface area contributed by atoms with Crippen LogP contribution in [0.2, 0.25) is 0 Å². The zero-order valence-electron chi connectivity index (χ0n) is 3.98. The van der Waals surface area contributed by atoms with Gasteiger partial charge in [-0.05, 0) is 0 Å². The van der Waals surface area contributed by atoms with Gasteiger partial charge in [-0.3, -0.25) is 0 Å². The van der Waals surface area contributed by atoms with Gasteiger partial charge in [0, 0.05) is 8.55 Å². The Kier molecular flexibility index (Phi) is 2.68. The minimum Gasteiger partial charge on any atom is -0.645 e. The summed E-state index contributed by atoms with van der Waals surface area (Å²) in [5.74, 6) is 0. The molecule has 0 spiro atoms. The van der Waals surface area contributed by atoms with Gasteiger partial charge in [-0.2, -0.15) is 0 Å². The Morgan fingerprint density at radius 3 is 1.67 bits per heavy atom. The van der Waals surface area contributed by atoms with Crippen molar-refractivity contribution in [1.29, 1.82) is 0 Å². The minimum absolute atomic E-state index is 0.431. The van der Waals surface area contributed by atoms with Gasteiger partial charge in [0.2, 0.25) is 0 Å². The summed E-state index contributed by atoms with van der Waals surface area (Å²) >= 11 is 0. The Hall–Kier alpha value is 1.04. The van der Waals surface area contributed by atoms with E-state index in [-0.39, 0.29) is 0 Å². The van der Waals surface area contributed by atoms with Gasteiger partial charge in [0.05, 0.1) is 17.1 Å². The van der Waals surface area contributed by atoms with Gasteiger partial charge in [0.25, 0.3) is 18.6 Å². The number of rotatable bonds is 0.